The Morgan fingerprint density at radius 3 is 2.76 bits per heavy atom. The fourth-order valence-corrected chi connectivity index (χ4v) is 1.72. The molecule has 1 heterocycles. The highest BCUT2D eigenvalue weighted by Gasteiger charge is 2.18. The summed E-state index contributed by atoms with van der Waals surface area (Å²) >= 11 is 0. The molecule has 2 aromatic rings. The number of benzene rings is 1. The highest BCUT2D eigenvalue weighted by atomic mass is 16.6. The molecule has 0 radical (unpaired) electrons. The SMILES string of the molecule is COC(=O)c1cc2c([N+](=O)[O-])ccc(C)c2[nH]1. The highest BCUT2D eigenvalue weighted by molar-refractivity contribution is 5.99. The van der Waals surface area contributed by atoms with Crippen LogP contribution in [-0.2, 0) is 4.74 Å². The molecule has 2 rings (SSSR count). The van der Waals surface area contributed by atoms with Gasteiger partial charge in [-0.2, -0.15) is 0 Å². The second-order valence-corrected chi connectivity index (χ2v) is 3.62. The summed E-state index contributed by atoms with van der Waals surface area (Å²) in [7, 11) is 1.26. The summed E-state index contributed by atoms with van der Waals surface area (Å²) < 4.78 is 4.57. The molecule has 88 valence electrons. The number of hydrogen-bond acceptors (Lipinski definition) is 4. The lowest BCUT2D eigenvalue weighted by Crippen LogP contribution is -2.00. The number of hydrogen-bond donors (Lipinski definition) is 1. The van der Waals surface area contributed by atoms with Gasteiger partial charge in [-0.1, -0.05) is 6.07 Å². The van der Waals surface area contributed by atoms with Gasteiger partial charge >= 0.3 is 5.97 Å². The molecule has 0 unspecified atom stereocenters. The van der Waals surface area contributed by atoms with Crippen LogP contribution in [0.15, 0.2) is 18.2 Å². The summed E-state index contributed by atoms with van der Waals surface area (Å²) in [5, 5.41) is 11.3. The average Bonchev–Trinajstić information content (AvgIpc) is 2.73. The lowest BCUT2D eigenvalue weighted by molar-refractivity contribution is -0.383. The Bertz CT molecular complexity index is 615. The van der Waals surface area contributed by atoms with Crippen molar-refractivity contribution in [3.05, 3.63) is 39.6 Å². The van der Waals surface area contributed by atoms with E-state index in [2.05, 4.69) is 9.72 Å². The largest absolute Gasteiger partial charge is 0.464 e. The minimum absolute atomic E-state index is 0.0306. The van der Waals surface area contributed by atoms with E-state index in [-0.39, 0.29) is 11.4 Å². The van der Waals surface area contributed by atoms with E-state index in [4.69, 9.17) is 0 Å². The number of esters is 1. The number of methoxy groups -OCH3 is 1. The molecule has 1 aromatic carbocycles. The Balaban J connectivity index is 2.74. The second-order valence-electron chi connectivity index (χ2n) is 3.62. The molecule has 0 aliphatic heterocycles. The quantitative estimate of drug-likeness (QED) is 0.490. The Morgan fingerprint density at radius 2 is 2.18 bits per heavy atom. The molecule has 17 heavy (non-hydrogen) atoms. The van der Waals surface area contributed by atoms with Crippen molar-refractivity contribution in [2.45, 2.75) is 6.92 Å². The van der Waals surface area contributed by atoms with Gasteiger partial charge in [0.2, 0.25) is 0 Å². The number of nitro groups is 1. The third kappa shape index (κ3) is 1.73. The molecule has 0 atom stereocenters. The van der Waals surface area contributed by atoms with Crippen molar-refractivity contribution in [2.24, 2.45) is 0 Å². The van der Waals surface area contributed by atoms with Crippen LogP contribution in [0.4, 0.5) is 5.69 Å². The maximum atomic E-state index is 11.4. The maximum Gasteiger partial charge on any atom is 0.354 e. The normalized spacial score (nSPS) is 10.5. The Kier molecular flexibility index (Phi) is 2.55. The molecule has 1 N–H and O–H groups in total. The molecule has 0 saturated carbocycles. The molecule has 0 amide bonds. The number of aryl methyl sites for hydroxylation is 1. The van der Waals surface area contributed by atoms with Gasteiger partial charge in [0.15, 0.2) is 0 Å². The monoisotopic (exact) mass is 234 g/mol. The van der Waals surface area contributed by atoms with Gasteiger partial charge in [0, 0.05) is 6.07 Å². The van der Waals surface area contributed by atoms with Crippen LogP contribution in [-0.4, -0.2) is 23.0 Å². The Hall–Kier alpha value is -2.37. The number of nitrogens with one attached hydrogen (secondary N) is 1. The molecular formula is C11H10N2O4. The average molecular weight is 234 g/mol. The standard InChI is InChI=1S/C11H10N2O4/c1-6-3-4-9(13(15)16)7-5-8(11(14)17-2)12-10(6)7/h3-5,12H,1-2H3. The molecule has 0 aliphatic rings. The minimum Gasteiger partial charge on any atom is -0.464 e. The van der Waals surface area contributed by atoms with Crippen LogP contribution < -0.4 is 0 Å². The number of aromatic nitrogens is 1. The first-order valence-corrected chi connectivity index (χ1v) is 4.89. The molecule has 0 spiro atoms. The zero-order chi connectivity index (χ0) is 12.6. The predicted molar refractivity (Wildman–Crippen MR) is 61.0 cm³/mol. The van der Waals surface area contributed by atoms with Crippen LogP contribution in [0.5, 0.6) is 0 Å². The molecule has 0 fully saturated rings. The predicted octanol–water partition coefficient (Wildman–Crippen LogP) is 2.17. The number of carbonyl (C=O) groups excluding carboxylic acids is 1. The molecule has 0 bridgehead atoms. The number of nitro benzene ring substituents is 1. The fourth-order valence-electron chi connectivity index (χ4n) is 1.72. The van der Waals surface area contributed by atoms with Crippen molar-refractivity contribution in [1.82, 2.24) is 4.98 Å². The summed E-state index contributed by atoms with van der Waals surface area (Å²) in [6, 6.07) is 4.50. The van der Waals surface area contributed by atoms with Crippen LogP contribution in [0, 0.1) is 17.0 Å². The Morgan fingerprint density at radius 1 is 1.47 bits per heavy atom. The van der Waals surface area contributed by atoms with Gasteiger partial charge in [-0.05, 0) is 18.6 Å². The number of rotatable bonds is 2. The van der Waals surface area contributed by atoms with Gasteiger partial charge in [0.25, 0.3) is 5.69 Å². The lowest BCUT2D eigenvalue weighted by atomic mass is 10.1. The minimum atomic E-state index is -0.546. The van der Waals surface area contributed by atoms with Crippen molar-refractivity contribution < 1.29 is 14.5 Å². The lowest BCUT2D eigenvalue weighted by Gasteiger charge is -1.96. The summed E-state index contributed by atoms with van der Waals surface area (Å²) in [6.07, 6.45) is 0. The highest BCUT2D eigenvalue weighted by Crippen LogP contribution is 2.28. The second kappa shape index (κ2) is 3.89. The van der Waals surface area contributed by atoms with Crippen LogP contribution in [0.25, 0.3) is 10.9 Å². The first-order valence-electron chi connectivity index (χ1n) is 4.89. The van der Waals surface area contributed by atoms with Crippen molar-refractivity contribution in [1.29, 1.82) is 0 Å². The van der Waals surface area contributed by atoms with Crippen molar-refractivity contribution in [3.63, 3.8) is 0 Å². The number of ether oxygens (including phenoxy) is 1. The molecule has 1 aromatic heterocycles. The van der Waals surface area contributed by atoms with Crippen LogP contribution >= 0.6 is 0 Å². The first-order chi connectivity index (χ1) is 8.04. The number of aromatic amines is 1. The van der Waals surface area contributed by atoms with E-state index in [1.165, 1.54) is 19.2 Å². The van der Waals surface area contributed by atoms with E-state index in [0.29, 0.717) is 10.9 Å². The maximum absolute atomic E-state index is 11.4. The van der Waals surface area contributed by atoms with Crippen molar-refractivity contribution in [3.8, 4) is 0 Å². The van der Waals surface area contributed by atoms with Crippen LogP contribution in [0.2, 0.25) is 0 Å². The molecule has 0 saturated heterocycles. The van der Waals surface area contributed by atoms with E-state index in [0.717, 1.165) is 5.56 Å². The third-order valence-corrected chi connectivity index (χ3v) is 2.58. The molecule has 0 aliphatic carbocycles. The summed E-state index contributed by atoms with van der Waals surface area (Å²) in [5.74, 6) is -0.546. The smallest absolute Gasteiger partial charge is 0.354 e. The third-order valence-electron chi connectivity index (χ3n) is 2.58. The molecule has 6 nitrogen and oxygen atoms in total. The number of nitrogens with zero attached hydrogens (tertiary/aromatic N) is 1. The van der Waals surface area contributed by atoms with Crippen molar-refractivity contribution in [2.75, 3.05) is 7.11 Å². The summed E-state index contributed by atoms with van der Waals surface area (Å²) in [5.41, 5.74) is 1.59. The van der Waals surface area contributed by atoms with Gasteiger partial charge in [-0.15, -0.1) is 0 Å². The van der Waals surface area contributed by atoms with E-state index >= 15 is 0 Å². The summed E-state index contributed by atoms with van der Waals surface area (Å²) in [6.45, 7) is 1.81. The van der Waals surface area contributed by atoms with E-state index < -0.39 is 10.9 Å². The zero-order valence-electron chi connectivity index (χ0n) is 9.31. The van der Waals surface area contributed by atoms with Gasteiger partial charge in [0.1, 0.15) is 5.69 Å². The van der Waals surface area contributed by atoms with Gasteiger partial charge < -0.3 is 9.72 Å². The number of fused-ring (bicyclic) bond motifs is 1. The van der Waals surface area contributed by atoms with Crippen LogP contribution in [0.1, 0.15) is 16.1 Å². The van der Waals surface area contributed by atoms with Crippen LogP contribution in [0.3, 0.4) is 0 Å². The summed E-state index contributed by atoms with van der Waals surface area (Å²) in [4.78, 5) is 24.6. The van der Waals surface area contributed by atoms with Gasteiger partial charge in [-0.3, -0.25) is 10.1 Å². The zero-order valence-corrected chi connectivity index (χ0v) is 9.31. The number of H-pyrrole nitrogens is 1. The molecular weight excluding hydrogens is 224 g/mol. The number of non-ortho nitro benzene ring substituents is 1. The fraction of sp³-hybridized carbons (Fsp3) is 0.182. The molecule has 6 heteroatoms. The van der Waals surface area contributed by atoms with Gasteiger partial charge in [0.05, 0.1) is 22.9 Å². The first kappa shape index (κ1) is 11.1. The van der Waals surface area contributed by atoms with E-state index in [1.54, 1.807) is 6.07 Å². The van der Waals surface area contributed by atoms with Gasteiger partial charge in [-0.25, -0.2) is 4.79 Å². The van der Waals surface area contributed by atoms with E-state index in [1.807, 2.05) is 6.92 Å². The topological polar surface area (TPSA) is 85.2 Å². The Labute approximate surface area is 96.3 Å². The van der Waals surface area contributed by atoms with E-state index in [9.17, 15) is 14.9 Å². The number of carbonyl (C=O) groups is 1. The van der Waals surface area contributed by atoms with Crippen molar-refractivity contribution >= 4 is 22.6 Å².